The Kier molecular flexibility index (Phi) is 7.89. The molecule has 9 nitrogen and oxygen atoms in total. The fourth-order valence-electron chi connectivity index (χ4n) is 3.97. The number of benzene rings is 1. The molecule has 0 amide bonds. The minimum Gasteiger partial charge on any atom is -0.470 e. The monoisotopic (exact) mass is 495 g/mol. The average Bonchev–Trinajstić information content (AvgIpc) is 3.59. The van der Waals surface area contributed by atoms with Gasteiger partial charge in [0.1, 0.15) is 17.4 Å². The predicted molar refractivity (Wildman–Crippen MR) is 143 cm³/mol. The average molecular weight is 496 g/mol. The van der Waals surface area contributed by atoms with Crippen molar-refractivity contribution in [3.05, 3.63) is 58.6 Å². The largest absolute Gasteiger partial charge is 0.470 e. The van der Waals surface area contributed by atoms with E-state index in [2.05, 4.69) is 37.1 Å². The van der Waals surface area contributed by atoms with Gasteiger partial charge in [-0.05, 0) is 51.3 Å². The fraction of sp³-hybridized carbons (Fsp3) is 0.320. The second-order valence-corrected chi connectivity index (χ2v) is 8.57. The summed E-state index contributed by atoms with van der Waals surface area (Å²) in [5.41, 5.74) is 2.89. The van der Waals surface area contributed by atoms with Crippen molar-refractivity contribution in [3.8, 4) is 5.75 Å². The maximum Gasteiger partial charge on any atom is 0.181 e. The number of rotatable bonds is 9. The van der Waals surface area contributed by atoms with Crippen molar-refractivity contribution in [3.63, 3.8) is 0 Å². The van der Waals surface area contributed by atoms with Gasteiger partial charge >= 0.3 is 0 Å². The first-order chi connectivity index (χ1) is 17.0. The second-order valence-electron chi connectivity index (χ2n) is 8.19. The van der Waals surface area contributed by atoms with E-state index in [-0.39, 0.29) is 12.8 Å². The van der Waals surface area contributed by atoms with Gasteiger partial charge in [0.15, 0.2) is 12.5 Å². The second kappa shape index (κ2) is 11.2. The van der Waals surface area contributed by atoms with Gasteiger partial charge in [0, 0.05) is 48.9 Å². The standard InChI is InChI=1S/C25H30ClN7O2/c1-5-6-17-12-23(32-31-17)30-22(27-3)13-24(33-10-9-18(14-33)34-4)28-15-35-21-8-7-20-19(25(21)26)11-16(2)29-20/h5-8,11-13,18,29H,3,9-10,14-15H2,1-2,4H3,(H2,30,31,32)/b6-5+,22-13+,28-24+. The van der Waals surface area contributed by atoms with Crippen LogP contribution in [0, 0.1) is 6.92 Å². The van der Waals surface area contributed by atoms with E-state index in [4.69, 9.17) is 26.1 Å². The normalized spacial score (nSPS) is 17.0. The van der Waals surface area contributed by atoms with E-state index in [1.54, 1.807) is 7.11 Å². The van der Waals surface area contributed by atoms with Crippen LogP contribution in [0.4, 0.5) is 5.82 Å². The summed E-state index contributed by atoms with van der Waals surface area (Å²) in [7, 11) is 1.73. The quantitative estimate of drug-likeness (QED) is 0.286. The zero-order chi connectivity index (χ0) is 24.8. The van der Waals surface area contributed by atoms with Crippen LogP contribution in [0.15, 0.2) is 52.2 Å². The van der Waals surface area contributed by atoms with Crippen molar-refractivity contribution in [1.82, 2.24) is 20.1 Å². The van der Waals surface area contributed by atoms with Crippen molar-refractivity contribution in [2.45, 2.75) is 26.4 Å². The Hall–Kier alpha value is -3.56. The van der Waals surface area contributed by atoms with Gasteiger partial charge in [-0.3, -0.25) is 5.10 Å². The van der Waals surface area contributed by atoms with Gasteiger partial charge in [0.2, 0.25) is 0 Å². The van der Waals surface area contributed by atoms with Crippen molar-refractivity contribution in [2.24, 2.45) is 9.98 Å². The number of amidine groups is 1. The van der Waals surface area contributed by atoms with E-state index in [9.17, 15) is 0 Å². The van der Waals surface area contributed by atoms with Crippen LogP contribution in [0.5, 0.6) is 5.75 Å². The molecule has 2 aromatic heterocycles. The number of aromatic amines is 2. The van der Waals surface area contributed by atoms with Gasteiger partial charge < -0.3 is 24.7 Å². The number of nitrogens with zero attached hydrogens (tertiary/aromatic N) is 4. The van der Waals surface area contributed by atoms with Crippen LogP contribution in [0.2, 0.25) is 5.02 Å². The summed E-state index contributed by atoms with van der Waals surface area (Å²) < 4.78 is 11.5. The van der Waals surface area contributed by atoms with E-state index in [0.717, 1.165) is 41.8 Å². The lowest BCUT2D eigenvalue weighted by Gasteiger charge is -2.19. The molecule has 4 rings (SSSR count). The number of likely N-dealkylation sites (tertiary alicyclic amines) is 1. The summed E-state index contributed by atoms with van der Waals surface area (Å²) in [6, 6.07) is 7.69. The summed E-state index contributed by atoms with van der Waals surface area (Å²) in [5, 5.41) is 11.9. The summed E-state index contributed by atoms with van der Waals surface area (Å²) in [5.74, 6) is 2.43. The number of anilines is 1. The highest BCUT2D eigenvalue weighted by atomic mass is 35.5. The minimum absolute atomic E-state index is 0.0902. The zero-order valence-electron chi connectivity index (χ0n) is 20.1. The number of aliphatic imine (C=N–C) groups is 2. The Morgan fingerprint density at radius 1 is 1.40 bits per heavy atom. The molecule has 35 heavy (non-hydrogen) atoms. The highest BCUT2D eigenvalue weighted by Crippen LogP contribution is 2.33. The SMILES string of the molecule is C=N/C(=C\C(=N/COc1ccc2[nH]c(C)cc2c1Cl)N1CCC(OC)C1)Nc1cc(/C=C/C)[nH]n1. The number of aryl methyl sites for hydroxylation is 1. The summed E-state index contributed by atoms with van der Waals surface area (Å²) in [6.45, 7) is 9.26. The van der Waals surface area contributed by atoms with Crippen molar-refractivity contribution in [1.29, 1.82) is 0 Å². The van der Waals surface area contributed by atoms with Crippen LogP contribution in [0.3, 0.4) is 0 Å². The molecule has 184 valence electrons. The third-order valence-corrected chi connectivity index (χ3v) is 6.11. The maximum atomic E-state index is 6.58. The third-order valence-electron chi connectivity index (χ3n) is 5.72. The lowest BCUT2D eigenvalue weighted by Crippen LogP contribution is -2.30. The van der Waals surface area contributed by atoms with Gasteiger partial charge in [-0.1, -0.05) is 17.7 Å². The number of fused-ring (bicyclic) bond motifs is 1. The van der Waals surface area contributed by atoms with Gasteiger partial charge in [-0.2, -0.15) is 5.10 Å². The van der Waals surface area contributed by atoms with Gasteiger partial charge in [0.05, 0.1) is 16.8 Å². The topological polar surface area (TPSA) is 103 Å². The molecule has 0 aliphatic carbocycles. The van der Waals surface area contributed by atoms with Crippen LogP contribution in [0.25, 0.3) is 17.0 Å². The molecule has 3 heterocycles. The van der Waals surface area contributed by atoms with Crippen LogP contribution < -0.4 is 10.1 Å². The van der Waals surface area contributed by atoms with E-state index in [1.807, 2.05) is 56.3 Å². The molecule has 0 spiro atoms. The van der Waals surface area contributed by atoms with Crippen molar-refractivity contribution in [2.75, 3.05) is 32.2 Å². The molecule has 0 bridgehead atoms. The Balaban J connectivity index is 1.54. The number of H-pyrrole nitrogens is 2. The molecular formula is C25H30ClN7O2. The van der Waals surface area contributed by atoms with E-state index in [1.165, 1.54) is 0 Å². The highest BCUT2D eigenvalue weighted by Gasteiger charge is 2.24. The Morgan fingerprint density at radius 2 is 2.26 bits per heavy atom. The van der Waals surface area contributed by atoms with Crippen LogP contribution in [-0.4, -0.2) is 65.7 Å². The van der Waals surface area contributed by atoms with Crippen LogP contribution in [-0.2, 0) is 4.74 Å². The first-order valence-corrected chi connectivity index (χ1v) is 11.7. The minimum atomic E-state index is 0.0902. The molecule has 0 saturated carbocycles. The van der Waals surface area contributed by atoms with E-state index >= 15 is 0 Å². The summed E-state index contributed by atoms with van der Waals surface area (Å²) in [4.78, 5) is 14.3. The maximum absolute atomic E-state index is 6.58. The Bertz CT molecular complexity index is 1270. The van der Waals surface area contributed by atoms with E-state index in [0.29, 0.717) is 28.2 Å². The Labute approximate surface area is 209 Å². The van der Waals surface area contributed by atoms with Gasteiger partial charge in [-0.15, -0.1) is 0 Å². The molecule has 3 aromatic rings. The molecule has 1 aliphatic rings. The number of halogens is 1. The molecule has 1 atom stereocenters. The number of hydrogen-bond donors (Lipinski definition) is 3. The predicted octanol–water partition coefficient (Wildman–Crippen LogP) is 5.00. The molecule has 3 N–H and O–H groups in total. The molecular weight excluding hydrogens is 466 g/mol. The first-order valence-electron chi connectivity index (χ1n) is 11.4. The molecule has 1 unspecified atom stereocenters. The molecule has 1 saturated heterocycles. The summed E-state index contributed by atoms with van der Waals surface area (Å²) in [6.07, 6.45) is 6.76. The molecule has 10 heteroatoms. The molecule has 0 radical (unpaired) electrons. The van der Waals surface area contributed by atoms with Gasteiger partial charge in [-0.25, -0.2) is 9.98 Å². The molecule has 1 fully saturated rings. The highest BCUT2D eigenvalue weighted by molar-refractivity contribution is 6.37. The lowest BCUT2D eigenvalue weighted by molar-refractivity contribution is 0.114. The van der Waals surface area contributed by atoms with E-state index < -0.39 is 0 Å². The lowest BCUT2D eigenvalue weighted by atomic mass is 10.2. The fourth-order valence-corrected chi connectivity index (χ4v) is 4.25. The molecule has 1 aliphatic heterocycles. The number of nitrogens with one attached hydrogen (secondary N) is 3. The Morgan fingerprint density at radius 3 is 3.00 bits per heavy atom. The number of ether oxygens (including phenoxy) is 2. The molecule has 1 aromatic carbocycles. The zero-order valence-corrected chi connectivity index (χ0v) is 20.9. The summed E-state index contributed by atoms with van der Waals surface area (Å²) >= 11 is 6.58. The third kappa shape index (κ3) is 5.93. The van der Waals surface area contributed by atoms with Crippen LogP contribution >= 0.6 is 11.6 Å². The smallest absolute Gasteiger partial charge is 0.181 e. The first kappa shape index (κ1) is 24.6. The van der Waals surface area contributed by atoms with Crippen molar-refractivity contribution >= 4 is 47.0 Å². The van der Waals surface area contributed by atoms with Gasteiger partial charge in [0.25, 0.3) is 0 Å². The number of allylic oxidation sites excluding steroid dienone is 1. The number of aromatic nitrogens is 3. The van der Waals surface area contributed by atoms with Crippen molar-refractivity contribution < 1.29 is 9.47 Å². The number of methoxy groups -OCH3 is 1. The van der Waals surface area contributed by atoms with Crippen LogP contribution in [0.1, 0.15) is 24.7 Å². The number of hydrogen-bond acceptors (Lipinski definition) is 6.